The topological polar surface area (TPSA) is 119 Å². The number of hydrogen-bond acceptors (Lipinski definition) is 7. The van der Waals surface area contributed by atoms with Crippen molar-refractivity contribution in [1.82, 2.24) is 24.9 Å². The molecule has 0 saturated carbocycles. The van der Waals surface area contributed by atoms with Crippen molar-refractivity contribution in [2.45, 2.75) is 19.0 Å². The second-order valence-corrected chi connectivity index (χ2v) is 8.91. The molecule has 2 atom stereocenters. The molecule has 0 saturated heterocycles. The normalized spacial score (nSPS) is 16.4. The van der Waals surface area contributed by atoms with Gasteiger partial charge in [-0.05, 0) is 29.7 Å². The van der Waals surface area contributed by atoms with Crippen LogP contribution in [0.4, 0.5) is 14.6 Å². The molecule has 1 aliphatic carbocycles. The molecule has 3 aromatic heterocycles. The summed E-state index contributed by atoms with van der Waals surface area (Å²) in [7, 11) is 0. The number of nitrogens with one attached hydrogen (secondary N) is 1. The van der Waals surface area contributed by atoms with Crippen LogP contribution in [0.1, 0.15) is 22.7 Å². The maximum Gasteiger partial charge on any atom is 0.309 e. The lowest BCUT2D eigenvalue weighted by molar-refractivity contribution is -0.141. The molecule has 5 aromatic rings. The molecule has 190 valence electrons. The molecule has 2 unspecified atom stereocenters. The highest BCUT2D eigenvalue weighted by molar-refractivity contribution is 5.74. The van der Waals surface area contributed by atoms with E-state index in [1.165, 1.54) is 12.3 Å². The van der Waals surface area contributed by atoms with Crippen LogP contribution in [0.15, 0.2) is 77.6 Å². The van der Waals surface area contributed by atoms with Gasteiger partial charge in [0, 0.05) is 11.6 Å². The number of carbonyl (C=O) groups is 1. The minimum atomic E-state index is -0.988. The summed E-state index contributed by atoms with van der Waals surface area (Å²) in [6.45, 7) is 0.0975. The number of benzene rings is 2. The fraction of sp³-hybridized carbons (Fsp3) is 0.148. The Balaban J connectivity index is 1.37. The van der Waals surface area contributed by atoms with Gasteiger partial charge in [0.25, 0.3) is 0 Å². The number of aliphatic carboxylic acids is 1. The van der Waals surface area contributed by atoms with E-state index in [2.05, 4.69) is 25.5 Å². The summed E-state index contributed by atoms with van der Waals surface area (Å²) in [5, 5.41) is 21.3. The van der Waals surface area contributed by atoms with Crippen LogP contribution in [0.5, 0.6) is 0 Å². The van der Waals surface area contributed by atoms with E-state index < -0.39 is 23.7 Å². The van der Waals surface area contributed by atoms with Crippen molar-refractivity contribution in [1.29, 1.82) is 0 Å². The van der Waals surface area contributed by atoms with Gasteiger partial charge in [-0.15, -0.1) is 0 Å². The Hall–Kier alpha value is -4.93. The van der Waals surface area contributed by atoms with E-state index >= 15 is 0 Å². The number of carboxylic acid groups (broad SMARTS) is 1. The molecule has 9 nitrogen and oxygen atoms in total. The SMILES string of the molecule is O=C(O)C1Cc2ccccc2C1Nc1nc(-c2cc(-c3ccon3)n(Cc3ccccc3F)n2)ncc1F. The first-order valence-electron chi connectivity index (χ1n) is 11.8. The number of halogens is 2. The minimum Gasteiger partial charge on any atom is -0.481 e. The maximum absolute atomic E-state index is 14.9. The molecule has 0 bridgehead atoms. The number of hydrogen-bond donors (Lipinski definition) is 2. The second kappa shape index (κ2) is 9.51. The summed E-state index contributed by atoms with van der Waals surface area (Å²) in [5.41, 5.74) is 3.36. The quantitative estimate of drug-likeness (QED) is 0.320. The van der Waals surface area contributed by atoms with E-state index in [0.717, 1.165) is 17.3 Å². The predicted octanol–water partition coefficient (Wildman–Crippen LogP) is 4.73. The van der Waals surface area contributed by atoms with E-state index in [0.29, 0.717) is 29.1 Å². The molecule has 2 aromatic carbocycles. The largest absolute Gasteiger partial charge is 0.481 e. The third kappa shape index (κ3) is 4.27. The zero-order valence-corrected chi connectivity index (χ0v) is 19.8. The first-order valence-corrected chi connectivity index (χ1v) is 11.8. The summed E-state index contributed by atoms with van der Waals surface area (Å²) in [4.78, 5) is 20.4. The fourth-order valence-corrected chi connectivity index (χ4v) is 4.73. The highest BCUT2D eigenvalue weighted by atomic mass is 19.1. The van der Waals surface area contributed by atoms with Crippen LogP contribution in [-0.2, 0) is 17.8 Å². The minimum absolute atomic E-state index is 0.0975. The number of rotatable bonds is 7. The molecule has 0 fully saturated rings. The Labute approximate surface area is 214 Å². The van der Waals surface area contributed by atoms with Gasteiger partial charge >= 0.3 is 5.97 Å². The van der Waals surface area contributed by atoms with Crippen molar-refractivity contribution in [3.63, 3.8) is 0 Å². The van der Waals surface area contributed by atoms with E-state index in [-0.39, 0.29) is 24.0 Å². The Kier molecular flexibility index (Phi) is 5.87. The van der Waals surface area contributed by atoms with Crippen LogP contribution in [0.25, 0.3) is 22.9 Å². The molecule has 38 heavy (non-hydrogen) atoms. The predicted molar refractivity (Wildman–Crippen MR) is 132 cm³/mol. The van der Waals surface area contributed by atoms with Gasteiger partial charge in [-0.25, -0.2) is 18.7 Å². The summed E-state index contributed by atoms with van der Waals surface area (Å²) >= 11 is 0. The summed E-state index contributed by atoms with van der Waals surface area (Å²) in [6.07, 6.45) is 2.74. The first kappa shape index (κ1) is 23.5. The summed E-state index contributed by atoms with van der Waals surface area (Å²) in [5.74, 6) is -2.94. The standard InChI is InChI=1S/C27H20F2N6O3/c28-19-8-4-2-6-16(19)14-35-23(21-9-10-38-34-21)12-22(33-35)26-30-13-20(29)25(32-26)31-24-17-7-3-1-5-15(17)11-18(24)27(36)37/h1-10,12-13,18,24H,11,14H2,(H,36,37)(H,30,31,32). The molecule has 0 amide bonds. The summed E-state index contributed by atoms with van der Waals surface area (Å²) < 4.78 is 35.7. The van der Waals surface area contributed by atoms with Gasteiger partial charge in [-0.2, -0.15) is 5.10 Å². The molecule has 0 radical (unpaired) electrons. The molecule has 6 rings (SSSR count). The van der Waals surface area contributed by atoms with Crippen LogP contribution < -0.4 is 5.32 Å². The number of fused-ring (bicyclic) bond motifs is 1. The van der Waals surface area contributed by atoms with Crippen molar-refractivity contribution in [3.8, 4) is 22.9 Å². The van der Waals surface area contributed by atoms with Crippen molar-refractivity contribution in [2.75, 3.05) is 5.32 Å². The first-order chi connectivity index (χ1) is 18.5. The fourth-order valence-electron chi connectivity index (χ4n) is 4.73. The average molecular weight is 514 g/mol. The van der Waals surface area contributed by atoms with Gasteiger partial charge in [0.1, 0.15) is 23.5 Å². The van der Waals surface area contributed by atoms with Gasteiger partial charge in [-0.3, -0.25) is 9.48 Å². The highest BCUT2D eigenvalue weighted by Crippen LogP contribution is 2.39. The molecule has 0 aliphatic heterocycles. The Morgan fingerprint density at radius 1 is 1.08 bits per heavy atom. The molecular weight excluding hydrogens is 494 g/mol. The molecule has 0 spiro atoms. The highest BCUT2D eigenvalue weighted by Gasteiger charge is 2.38. The lowest BCUT2D eigenvalue weighted by atomic mass is 10.0. The number of nitrogens with zero attached hydrogens (tertiary/aromatic N) is 5. The number of aromatic nitrogens is 5. The van der Waals surface area contributed by atoms with Crippen LogP contribution in [0.3, 0.4) is 0 Å². The van der Waals surface area contributed by atoms with Crippen molar-refractivity contribution in [3.05, 3.63) is 101 Å². The molecule has 1 aliphatic rings. The van der Waals surface area contributed by atoms with E-state index in [1.807, 2.05) is 24.3 Å². The van der Waals surface area contributed by atoms with Gasteiger partial charge in [0.15, 0.2) is 17.5 Å². The zero-order chi connectivity index (χ0) is 26.2. The van der Waals surface area contributed by atoms with E-state index in [4.69, 9.17) is 4.52 Å². The van der Waals surface area contributed by atoms with Crippen LogP contribution in [0.2, 0.25) is 0 Å². The van der Waals surface area contributed by atoms with Crippen LogP contribution in [-0.4, -0.2) is 36.0 Å². The molecule has 11 heteroatoms. The average Bonchev–Trinajstić information content (AvgIpc) is 3.66. The third-order valence-corrected chi connectivity index (χ3v) is 6.57. The van der Waals surface area contributed by atoms with Gasteiger partial charge in [0.05, 0.1) is 30.4 Å². The Bertz CT molecular complexity index is 1640. The third-order valence-electron chi connectivity index (χ3n) is 6.57. The van der Waals surface area contributed by atoms with E-state index in [9.17, 15) is 18.7 Å². The van der Waals surface area contributed by atoms with Crippen molar-refractivity contribution in [2.24, 2.45) is 5.92 Å². The monoisotopic (exact) mass is 514 g/mol. The Morgan fingerprint density at radius 3 is 2.68 bits per heavy atom. The Morgan fingerprint density at radius 2 is 1.89 bits per heavy atom. The van der Waals surface area contributed by atoms with Gasteiger partial charge in [0.2, 0.25) is 0 Å². The smallest absolute Gasteiger partial charge is 0.309 e. The number of anilines is 1. The van der Waals surface area contributed by atoms with Crippen molar-refractivity contribution >= 4 is 11.8 Å². The van der Waals surface area contributed by atoms with E-state index in [1.54, 1.807) is 35.0 Å². The molecule has 2 N–H and O–H groups in total. The maximum atomic E-state index is 14.9. The lowest BCUT2D eigenvalue weighted by Gasteiger charge is -2.20. The number of carboxylic acids is 1. The van der Waals surface area contributed by atoms with Gasteiger partial charge in [-0.1, -0.05) is 47.6 Å². The molecule has 3 heterocycles. The van der Waals surface area contributed by atoms with Crippen molar-refractivity contribution < 1.29 is 23.2 Å². The van der Waals surface area contributed by atoms with Crippen LogP contribution in [0, 0.1) is 17.6 Å². The van der Waals surface area contributed by atoms with Gasteiger partial charge < -0.3 is 14.9 Å². The van der Waals surface area contributed by atoms with Crippen LogP contribution >= 0.6 is 0 Å². The lowest BCUT2D eigenvalue weighted by Crippen LogP contribution is -2.25. The zero-order valence-electron chi connectivity index (χ0n) is 19.8. The second-order valence-electron chi connectivity index (χ2n) is 8.91. The molecular formula is C27H20F2N6O3. The summed E-state index contributed by atoms with van der Waals surface area (Å²) in [6, 6.07) is 16.3.